The van der Waals surface area contributed by atoms with Gasteiger partial charge < -0.3 is 15.4 Å². The van der Waals surface area contributed by atoms with E-state index in [2.05, 4.69) is 20.6 Å². The molecule has 7 heteroatoms. The number of hydrogen-bond donors (Lipinski definition) is 2. The molecule has 0 atom stereocenters. The fraction of sp³-hybridized carbons (Fsp3) is 0.400. The summed E-state index contributed by atoms with van der Waals surface area (Å²) in [4.78, 5) is 33.5. The fourth-order valence-corrected chi connectivity index (χ4v) is 3.17. The predicted molar refractivity (Wildman–Crippen MR) is 103 cm³/mol. The lowest BCUT2D eigenvalue weighted by Crippen LogP contribution is -2.21. The van der Waals surface area contributed by atoms with E-state index >= 15 is 0 Å². The van der Waals surface area contributed by atoms with E-state index in [0.29, 0.717) is 28.9 Å². The summed E-state index contributed by atoms with van der Waals surface area (Å²) in [7, 11) is 0. The molecular weight excluding hydrogens is 344 g/mol. The normalized spacial score (nSPS) is 14.0. The van der Waals surface area contributed by atoms with Crippen molar-refractivity contribution in [2.45, 2.75) is 45.6 Å². The van der Waals surface area contributed by atoms with Crippen molar-refractivity contribution in [2.75, 3.05) is 17.2 Å². The average Bonchev–Trinajstić information content (AvgIpc) is 3.15. The SMILES string of the molecule is CCOC(=O)c1ccccc1NC(=O)c1cc(C)nc(NC2CCCC2)n1. The van der Waals surface area contributed by atoms with Gasteiger partial charge in [-0.2, -0.15) is 0 Å². The van der Waals surface area contributed by atoms with Gasteiger partial charge in [0.2, 0.25) is 5.95 Å². The van der Waals surface area contributed by atoms with Crippen LogP contribution in [0.15, 0.2) is 30.3 Å². The Bertz CT molecular complexity index is 832. The zero-order chi connectivity index (χ0) is 19.2. The van der Waals surface area contributed by atoms with Gasteiger partial charge in [0.1, 0.15) is 5.69 Å². The summed E-state index contributed by atoms with van der Waals surface area (Å²) in [5, 5.41) is 6.07. The van der Waals surface area contributed by atoms with Gasteiger partial charge in [-0.05, 0) is 44.9 Å². The quantitative estimate of drug-likeness (QED) is 0.757. The van der Waals surface area contributed by atoms with E-state index in [0.717, 1.165) is 12.8 Å². The maximum absolute atomic E-state index is 12.7. The second kappa shape index (κ2) is 8.62. The van der Waals surface area contributed by atoms with E-state index in [1.807, 2.05) is 6.92 Å². The predicted octanol–water partition coefficient (Wildman–Crippen LogP) is 3.57. The van der Waals surface area contributed by atoms with Crippen LogP contribution in [-0.4, -0.2) is 34.5 Å². The smallest absolute Gasteiger partial charge is 0.340 e. The number of benzene rings is 1. The molecule has 1 saturated carbocycles. The van der Waals surface area contributed by atoms with E-state index < -0.39 is 11.9 Å². The van der Waals surface area contributed by atoms with Crippen LogP contribution < -0.4 is 10.6 Å². The molecular formula is C20H24N4O3. The fourth-order valence-electron chi connectivity index (χ4n) is 3.17. The summed E-state index contributed by atoms with van der Waals surface area (Å²) < 4.78 is 5.04. The number of anilines is 2. The van der Waals surface area contributed by atoms with Gasteiger partial charge >= 0.3 is 5.97 Å². The highest BCUT2D eigenvalue weighted by Gasteiger charge is 2.19. The Kier molecular flexibility index (Phi) is 6.01. The van der Waals surface area contributed by atoms with Crippen molar-refractivity contribution in [1.29, 1.82) is 0 Å². The van der Waals surface area contributed by atoms with Crippen molar-refractivity contribution in [3.8, 4) is 0 Å². The highest BCUT2D eigenvalue weighted by molar-refractivity contribution is 6.07. The van der Waals surface area contributed by atoms with E-state index in [1.165, 1.54) is 12.8 Å². The number of aromatic nitrogens is 2. The van der Waals surface area contributed by atoms with E-state index in [1.54, 1.807) is 37.3 Å². The second-order valence-corrected chi connectivity index (χ2v) is 6.56. The van der Waals surface area contributed by atoms with Crippen molar-refractivity contribution in [1.82, 2.24) is 9.97 Å². The van der Waals surface area contributed by atoms with Gasteiger partial charge in [-0.1, -0.05) is 25.0 Å². The number of hydrogen-bond acceptors (Lipinski definition) is 6. The van der Waals surface area contributed by atoms with Crippen LogP contribution in [0.4, 0.5) is 11.6 Å². The largest absolute Gasteiger partial charge is 0.462 e. The maximum atomic E-state index is 12.7. The number of aryl methyl sites for hydroxylation is 1. The van der Waals surface area contributed by atoms with Crippen LogP contribution in [0.2, 0.25) is 0 Å². The van der Waals surface area contributed by atoms with Crippen molar-refractivity contribution >= 4 is 23.5 Å². The summed E-state index contributed by atoms with van der Waals surface area (Å²) in [6.45, 7) is 3.83. The summed E-state index contributed by atoms with van der Waals surface area (Å²) >= 11 is 0. The monoisotopic (exact) mass is 368 g/mol. The molecule has 142 valence electrons. The van der Waals surface area contributed by atoms with Gasteiger partial charge in [-0.3, -0.25) is 4.79 Å². The Morgan fingerprint density at radius 2 is 1.93 bits per heavy atom. The van der Waals surface area contributed by atoms with Gasteiger partial charge in [0.25, 0.3) is 5.91 Å². The first-order valence-electron chi connectivity index (χ1n) is 9.26. The molecule has 1 aliphatic carbocycles. The summed E-state index contributed by atoms with van der Waals surface area (Å²) in [6, 6.07) is 8.73. The molecule has 1 amide bonds. The molecule has 0 spiro atoms. The van der Waals surface area contributed by atoms with Crippen LogP contribution >= 0.6 is 0 Å². The van der Waals surface area contributed by atoms with Gasteiger partial charge in [-0.15, -0.1) is 0 Å². The van der Waals surface area contributed by atoms with Gasteiger partial charge in [0, 0.05) is 11.7 Å². The molecule has 1 heterocycles. The van der Waals surface area contributed by atoms with Crippen LogP contribution in [0.5, 0.6) is 0 Å². The molecule has 0 aliphatic heterocycles. The molecule has 27 heavy (non-hydrogen) atoms. The molecule has 1 fully saturated rings. The minimum Gasteiger partial charge on any atom is -0.462 e. The molecule has 2 aromatic rings. The lowest BCUT2D eigenvalue weighted by Gasteiger charge is -2.14. The number of esters is 1. The molecule has 2 N–H and O–H groups in total. The third-order valence-electron chi connectivity index (χ3n) is 4.45. The number of nitrogens with zero attached hydrogens (tertiary/aromatic N) is 2. The lowest BCUT2D eigenvalue weighted by atomic mass is 10.1. The van der Waals surface area contributed by atoms with Crippen LogP contribution in [0.1, 0.15) is 59.1 Å². The molecule has 1 aliphatic rings. The zero-order valence-corrected chi connectivity index (χ0v) is 15.6. The highest BCUT2D eigenvalue weighted by Crippen LogP contribution is 2.21. The molecule has 1 aromatic heterocycles. The highest BCUT2D eigenvalue weighted by atomic mass is 16.5. The minimum atomic E-state index is -0.476. The van der Waals surface area contributed by atoms with E-state index in [-0.39, 0.29) is 12.3 Å². The van der Waals surface area contributed by atoms with E-state index in [9.17, 15) is 9.59 Å². The van der Waals surface area contributed by atoms with Crippen molar-refractivity contribution < 1.29 is 14.3 Å². The molecule has 0 saturated heterocycles. The van der Waals surface area contributed by atoms with Gasteiger partial charge in [0.05, 0.1) is 17.9 Å². The number of carbonyl (C=O) groups is 2. The number of amides is 1. The molecule has 1 aromatic carbocycles. The third kappa shape index (κ3) is 4.81. The molecule has 3 rings (SSSR count). The molecule has 0 unspecified atom stereocenters. The van der Waals surface area contributed by atoms with Crippen LogP contribution in [-0.2, 0) is 4.74 Å². The summed E-state index contributed by atoms with van der Waals surface area (Å²) in [5.41, 5.74) is 1.65. The summed E-state index contributed by atoms with van der Waals surface area (Å²) in [5.74, 6) is -0.409. The molecule has 0 bridgehead atoms. The lowest BCUT2D eigenvalue weighted by molar-refractivity contribution is 0.0527. The number of nitrogens with one attached hydrogen (secondary N) is 2. The minimum absolute atomic E-state index is 0.252. The number of carbonyl (C=O) groups excluding carboxylic acids is 2. The average molecular weight is 368 g/mol. The number of para-hydroxylation sites is 1. The van der Waals surface area contributed by atoms with Crippen LogP contribution in [0.25, 0.3) is 0 Å². The van der Waals surface area contributed by atoms with Crippen LogP contribution in [0, 0.1) is 6.92 Å². The number of ether oxygens (including phenoxy) is 1. The second-order valence-electron chi connectivity index (χ2n) is 6.56. The van der Waals surface area contributed by atoms with Crippen LogP contribution in [0.3, 0.4) is 0 Å². The molecule has 7 nitrogen and oxygen atoms in total. The zero-order valence-electron chi connectivity index (χ0n) is 15.6. The Labute approximate surface area is 158 Å². The van der Waals surface area contributed by atoms with Crippen molar-refractivity contribution in [3.63, 3.8) is 0 Å². The maximum Gasteiger partial charge on any atom is 0.340 e. The first-order valence-corrected chi connectivity index (χ1v) is 9.26. The van der Waals surface area contributed by atoms with Gasteiger partial charge in [0.15, 0.2) is 0 Å². The Balaban J connectivity index is 1.78. The first-order chi connectivity index (χ1) is 13.1. The Hall–Kier alpha value is -2.96. The van der Waals surface area contributed by atoms with E-state index in [4.69, 9.17) is 4.74 Å². The summed E-state index contributed by atoms with van der Waals surface area (Å²) in [6.07, 6.45) is 4.57. The van der Waals surface area contributed by atoms with Crippen molar-refractivity contribution in [3.05, 3.63) is 47.3 Å². The van der Waals surface area contributed by atoms with Crippen molar-refractivity contribution in [2.24, 2.45) is 0 Å². The Morgan fingerprint density at radius 3 is 2.67 bits per heavy atom. The topological polar surface area (TPSA) is 93.2 Å². The first kappa shape index (κ1) is 18.8. The number of rotatable bonds is 6. The molecule has 0 radical (unpaired) electrons. The van der Waals surface area contributed by atoms with Gasteiger partial charge in [-0.25, -0.2) is 14.8 Å². The third-order valence-corrected chi connectivity index (χ3v) is 4.45. The Morgan fingerprint density at radius 1 is 1.19 bits per heavy atom. The standard InChI is InChI=1S/C20H24N4O3/c1-3-27-19(26)15-10-6-7-11-16(15)23-18(25)17-12-13(2)21-20(24-17)22-14-8-4-5-9-14/h6-7,10-12,14H,3-5,8-9H2,1-2H3,(H,23,25)(H,21,22,24).